The van der Waals surface area contributed by atoms with Crippen LogP contribution in [0.1, 0.15) is 56.6 Å². The fourth-order valence-electron chi connectivity index (χ4n) is 4.91. The van der Waals surface area contributed by atoms with Crippen LogP contribution in [-0.4, -0.2) is 66.7 Å². The van der Waals surface area contributed by atoms with Gasteiger partial charge in [-0.15, -0.1) is 0 Å². The zero-order valence-corrected chi connectivity index (χ0v) is 28.5. The van der Waals surface area contributed by atoms with Crippen LogP contribution in [0.25, 0.3) is 11.1 Å². The molecule has 12 nitrogen and oxygen atoms in total. The van der Waals surface area contributed by atoms with Crippen molar-refractivity contribution in [2.24, 2.45) is 0 Å². The fourth-order valence-corrected chi connectivity index (χ4v) is 4.91. The Morgan fingerprint density at radius 2 is 1.52 bits per heavy atom. The summed E-state index contributed by atoms with van der Waals surface area (Å²) in [4.78, 5) is 66.4. The number of rotatable bonds is 20. The van der Waals surface area contributed by atoms with E-state index in [2.05, 4.69) is 37.6 Å². The zero-order valence-electron chi connectivity index (χ0n) is 28.5. The summed E-state index contributed by atoms with van der Waals surface area (Å²) in [5, 5.41) is 11.1. The van der Waals surface area contributed by atoms with E-state index in [4.69, 9.17) is 4.74 Å². The maximum atomic E-state index is 13.7. The number of alkyl carbamates (subject to hydrolysis) is 1. The van der Waals surface area contributed by atoms with Gasteiger partial charge in [-0.2, -0.15) is 13.2 Å². The fraction of sp³-hybridized carbons (Fsp3) is 0.351. The average molecular weight is 726 g/mol. The third-order valence-electron chi connectivity index (χ3n) is 7.52. The molecule has 4 N–H and O–H groups in total. The van der Waals surface area contributed by atoms with Gasteiger partial charge in [0.25, 0.3) is 0 Å². The lowest BCUT2D eigenvalue weighted by Crippen LogP contribution is -2.48. The van der Waals surface area contributed by atoms with Crippen molar-refractivity contribution < 1.29 is 46.6 Å². The smallest absolute Gasteiger partial charge is 0.445 e. The van der Waals surface area contributed by atoms with Crippen LogP contribution in [0.5, 0.6) is 0 Å². The molecule has 1 heterocycles. The van der Waals surface area contributed by atoms with E-state index < -0.39 is 54.5 Å². The van der Waals surface area contributed by atoms with Crippen molar-refractivity contribution in [3.63, 3.8) is 0 Å². The molecule has 52 heavy (non-hydrogen) atoms. The Balaban J connectivity index is 1.71. The van der Waals surface area contributed by atoms with Crippen LogP contribution in [0.15, 0.2) is 91.6 Å². The Morgan fingerprint density at radius 3 is 2.19 bits per heavy atom. The molecule has 0 aliphatic heterocycles. The Labute approximate surface area is 299 Å². The van der Waals surface area contributed by atoms with Gasteiger partial charge in [-0.1, -0.05) is 73.3 Å². The van der Waals surface area contributed by atoms with E-state index in [1.807, 2.05) is 42.5 Å². The van der Waals surface area contributed by atoms with Crippen molar-refractivity contribution in [1.29, 1.82) is 0 Å². The highest BCUT2D eigenvalue weighted by molar-refractivity contribution is 5.90. The summed E-state index contributed by atoms with van der Waals surface area (Å²) in [6.45, 7) is 4.29. The predicted octanol–water partition coefficient (Wildman–Crippen LogP) is 5.78. The third-order valence-corrected chi connectivity index (χ3v) is 7.52. The SMILES string of the molecule is C=CCOC(=O)NCCCC[C@H](NC(=O)CCCCNc1ccccn1)C(=O)NC(CC(=O)OC(=O)C(F)(F)F)c1ccc(-c2ccccc2)cc1. The Bertz CT molecular complexity index is 1610. The summed E-state index contributed by atoms with van der Waals surface area (Å²) < 4.78 is 47.3. The maximum Gasteiger partial charge on any atom is 0.491 e. The van der Waals surface area contributed by atoms with E-state index in [0.29, 0.717) is 43.6 Å². The summed E-state index contributed by atoms with van der Waals surface area (Å²) >= 11 is 0. The molecule has 0 fully saturated rings. The number of pyridine rings is 1. The molecule has 2 aromatic carbocycles. The normalized spacial score (nSPS) is 12.1. The van der Waals surface area contributed by atoms with Gasteiger partial charge in [-0.25, -0.2) is 14.6 Å². The molecular formula is C37H42F3N5O7. The monoisotopic (exact) mass is 725 g/mol. The van der Waals surface area contributed by atoms with Gasteiger partial charge in [0.05, 0.1) is 12.5 Å². The molecule has 1 unspecified atom stereocenters. The zero-order chi connectivity index (χ0) is 37.8. The number of hydrogen-bond donors (Lipinski definition) is 4. The van der Waals surface area contributed by atoms with Gasteiger partial charge in [-0.05, 0) is 60.9 Å². The van der Waals surface area contributed by atoms with E-state index in [9.17, 15) is 37.1 Å². The number of aromatic nitrogens is 1. The van der Waals surface area contributed by atoms with Crippen molar-refractivity contribution in [2.75, 3.05) is 25.0 Å². The molecule has 278 valence electrons. The number of halogens is 3. The number of benzene rings is 2. The summed E-state index contributed by atoms with van der Waals surface area (Å²) in [7, 11) is 0. The third kappa shape index (κ3) is 15.0. The summed E-state index contributed by atoms with van der Waals surface area (Å²) in [6, 6.07) is 19.0. The van der Waals surface area contributed by atoms with Crippen molar-refractivity contribution in [2.45, 2.75) is 63.2 Å². The molecule has 2 atom stereocenters. The first kappa shape index (κ1) is 40.7. The maximum absolute atomic E-state index is 13.7. The van der Waals surface area contributed by atoms with Gasteiger partial charge in [0.1, 0.15) is 18.5 Å². The van der Waals surface area contributed by atoms with Crippen molar-refractivity contribution in [3.05, 3.63) is 97.2 Å². The lowest BCUT2D eigenvalue weighted by Gasteiger charge is -2.24. The quantitative estimate of drug-likeness (QED) is 0.0489. The molecular weight excluding hydrogens is 683 g/mol. The van der Waals surface area contributed by atoms with Crippen LogP contribution in [0, 0.1) is 0 Å². The lowest BCUT2D eigenvalue weighted by molar-refractivity contribution is -0.202. The molecule has 15 heteroatoms. The minimum atomic E-state index is -5.40. The molecule has 0 aliphatic carbocycles. The molecule has 0 bridgehead atoms. The number of anilines is 1. The second-order valence-electron chi connectivity index (χ2n) is 11.5. The van der Waals surface area contributed by atoms with Crippen LogP contribution in [-0.2, 0) is 28.7 Å². The second kappa shape index (κ2) is 21.5. The molecule has 0 saturated heterocycles. The van der Waals surface area contributed by atoms with Gasteiger partial charge in [0.2, 0.25) is 11.8 Å². The highest BCUT2D eigenvalue weighted by Crippen LogP contribution is 2.25. The second-order valence-corrected chi connectivity index (χ2v) is 11.5. The number of carbonyl (C=O) groups is 5. The van der Waals surface area contributed by atoms with Crippen LogP contribution in [0.2, 0.25) is 0 Å². The van der Waals surface area contributed by atoms with Gasteiger partial charge >= 0.3 is 24.2 Å². The van der Waals surface area contributed by atoms with Crippen molar-refractivity contribution in [1.82, 2.24) is 20.9 Å². The number of esters is 2. The number of unbranched alkanes of at least 4 members (excludes halogenated alkanes) is 2. The summed E-state index contributed by atoms with van der Waals surface area (Å²) in [5.41, 5.74) is 2.02. The van der Waals surface area contributed by atoms with Gasteiger partial charge < -0.3 is 30.7 Å². The molecule has 0 radical (unpaired) electrons. The van der Waals surface area contributed by atoms with Gasteiger partial charge in [-0.3, -0.25) is 14.4 Å². The Hall–Kier alpha value is -5.73. The highest BCUT2D eigenvalue weighted by atomic mass is 19.4. The van der Waals surface area contributed by atoms with Gasteiger partial charge in [0, 0.05) is 25.7 Å². The first-order chi connectivity index (χ1) is 25.0. The number of carbonyl (C=O) groups excluding carboxylic acids is 5. The van der Waals surface area contributed by atoms with Crippen LogP contribution >= 0.6 is 0 Å². The number of nitrogens with one attached hydrogen (secondary N) is 4. The molecule has 0 saturated carbocycles. The molecule has 1 aromatic heterocycles. The molecule has 0 aliphatic rings. The highest BCUT2D eigenvalue weighted by Gasteiger charge is 2.42. The first-order valence-electron chi connectivity index (χ1n) is 16.7. The number of amides is 3. The minimum absolute atomic E-state index is 0.0351. The summed E-state index contributed by atoms with van der Waals surface area (Å²) in [5.74, 6) is -4.61. The molecule has 3 aromatic rings. The van der Waals surface area contributed by atoms with Crippen molar-refractivity contribution in [3.8, 4) is 11.1 Å². The van der Waals surface area contributed by atoms with E-state index in [0.717, 1.165) is 11.1 Å². The molecule has 3 rings (SSSR count). The molecule has 0 spiro atoms. The molecule has 3 amide bonds. The number of ether oxygens (including phenoxy) is 2. The van der Waals surface area contributed by atoms with E-state index in [1.54, 1.807) is 36.5 Å². The standard InChI is InChI=1S/C37H42F3N5O7/c1-2-24-51-36(50)43-23-9-6-14-29(44-32(46)16-8-11-22-42-31-15-7-10-21-41-31)34(48)45-30(25-33(47)52-35(49)37(38,39)40)28-19-17-27(18-20-28)26-12-4-3-5-13-26/h2-5,7,10,12-13,15,17-21,29-30H,1,6,8-9,11,14,16,22-25H2,(H,41,42)(H,43,50)(H,44,46)(H,45,48)/t29-,30?/m0/s1. The first-order valence-corrected chi connectivity index (χ1v) is 16.7. The average Bonchev–Trinajstić information content (AvgIpc) is 3.13. The largest absolute Gasteiger partial charge is 0.491 e. The predicted molar refractivity (Wildman–Crippen MR) is 186 cm³/mol. The Kier molecular flexibility index (Phi) is 16.8. The van der Waals surface area contributed by atoms with Crippen molar-refractivity contribution >= 4 is 35.7 Å². The van der Waals surface area contributed by atoms with E-state index in [-0.39, 0.29) is 26.0 Å². The van der Waals surface area contributed by atoms with E-state index >= 15 is 0 Å². The van der Waals surface area contributed by atoms with Crippen LogP contribution < -0.4 is 21.3 Å². The minimum Gasteiger partial charge on any atom is -0.445 e. The topological polar surface area (TPSA) is 165 Å². The van der Waals surface area contributed by atoms with E-state index in [1.165, 1.54) is 6.08 Å². The van der Waals surface area contributed by atoms with Gasteiger partial charge in [0.15, 0.2) is 0 Å². The lowest BCUT2D eigenvalue weighted by atomic mass is 9.98. The van der Waals surface area contributed by atoms with Crippen LogP contribution in [0.4, 0.5) is 23.8 Å². The number of nitrogens with zero attached hydrogens (tertiary/aromatic N) is 1. The number of alkyl halides is 3. The summed E-state index contributed by atoms with van der Waals surface area (Å²) in [6.07, 6.45) is -1.64. The Morgan fingerprint density at radius 1 is 0.827 bits per heavy atom. The number of hydrogen-bond acceptors (Lipinski definition) is 9. The van der Waals surface area contributed by atoms with Crippen LogP contribution in [0.3, 0.4) is 0 Å².